The zero-order valence-corrected chi connectivity index (χ0v) is 7.60. The van der Waals surface area contributed by atoms with Crippen molar-refractivity contribution in [3.8, 4) is 0 Å². The molecule has 0 rings (SSSR count). The number of nitrogens with zero attached hydrogens (tertiary/aromatic N) is 1. The molecule has 0 saturated carbocycles. The van der Waals surface area contributed by atoms with E-state index in [4.69, 9.17) is 0 Å². The minimum Gasteiger partial charge on any atom is -0.309 e. The maximum Gasteiger partial charge on any atom is 0.316 e. The molecule has 0 saturated heterocycles. The summed E-state index contributed by atoms with van der Waals surface area (Å²) < 4.78 is 0. The molecule has 0 aromatic heterocycles. The third-order valence-electron chi connectivity index (χ3n) is 0.671. The van der Waals surface area contributed by atoms with Gasteiger partial charge >= 0.3 is 23.1 Å². The highest BCUT2D eigenvalue weighted by Gasteiger charge is 1.79. The lowest BCUT2D eigenvalue weighted by Gasteiger charge is -2.03. The molecule has 3 heteroatoms. The topological polar surface area (TPSA) is 3.24 Å². The van der Waals surface area contributed by atoms with Gasteiger partial charge in [-0.05, 0) is 27.1 Å². The molecule has 50 valence electrons. The molecule has 0 unspecified atom stereocenters. The molecular formula is C5H16IMgN. The SMILES string of the molecule is CCCN(C)C.I.[MgH2]. The molecule has 1 nitrogen and oxygen atoms in total. The van der Waals surface area contributed by atoms with Crippen LogP contribution in [0.1, 0.15) is 13.3 Å². The van der Waals surface area contributed by atoms with Gasteiger partial charge in [0.15, 0.2) is 0 Å². The Labute approximate surface area is 85.4 Å². The minimum absolute atomic E-state index is 0. The monoisotopic (exact) mass is 241 g/mol. The molecule has 0 aliphatic carbocycles. The van der Waals surface area contributed by atoms with Crippen molar-refractivity contribution in [2.45, 2.75) is 13.3 Å². The Morgan fingerprint density at radius 3 is 1.62 bits per heavy atom. The van der Waals surface area contributed by atoms with Crippen LogP contribution in [0.5, 0.6) is 0 Å². The van der Waals surface area contributed by atoms with Crippen LogP contribution in [-0.4, -0.2) is 48.6 Å². The Hall–Kier alpha value is 1.46. The van der Waals surface area contributed by atoms with Gasteiger partial charge in [-0.3, -0.25) is 0 Å². The van der Waals surface area contributed by atoms with E-state index in [1.165, 1.54) is 13.0 Å². The van der Waals surface area contributed by atoms with Crippen LogP contribution in [0.4, 0.5) is 0 Å². The van der Waals surface area contributed by atoms with Gasteiger partial charge < -0.3 is 4.90 Å². The number of hydrogen-bond donors (Lipinski definition) is 0. The fourth-order valence-electron chi connectivity index (χ4n) is 0.447. The third-order valence-corrected chi connectivity index (χ3v) is 0.671. The minimum atomic E-state index is 0. The lowest BCUT2D eigenvalue weighted by Crippen LogP contribution is -2.11. The van der Waals surface area contributed by atoms with Crippen molar-refractivity contribution >= 4 is 47.0 Å². The van der Waals surface area contributed by atoms with E-state index in [-0.39, 0.29) is 47.0 Å². The van der Waals surface area contributed by atoms with Crippen molar-refractivity contribution in [2.24, 2.45) is 0 Å². The molecular weight excluding hydrogens is 225 g/mol. The van der Waals surface area contributed by atoms with Crippen LogP contribution in [0.15, 0.2) is 0 Å². The second-order valence-corrected chi connectivity index (χ2v) is 1.80. The highest BCUT2D eigenvalue weighted by atomic mass is 127. The van der Waals surface area contributed by atoms with E-state index in [1.807, 2.05) is 0 Å². The zero-order chi connectivity index (χ0) is 4.99. The zero-order valence-electron chi connectivity index (χ0n) is 5.27. The highest BCUT2D eigenvalue weighted by molar-refractivity contribution is 14.0. The first kappa shape index (κ1) is 16.2. The second kappa shape index (κ2) is 11.3. The van der Waals surface area contributed by atoms with Crippen molar-refractivity contribution in [1.29, 1.82) is 0 Å². The summed E-state index contributed by atoms with van der Waals surface area (Å²) in [5, 5.41) is 0. The molecule has 0 amide bonds. The summed E-state index contributed by atoms with van der Waals surface area (Å²) in [6.07, 6.45) is 1.26. The Morgan fingerprint density at radius 1 is 1.25 bits per heavy atom. The van der Waals surface area contributed by atoms with Gasteiger partial charge in [-0.1, -0.05) is 6.92 Å². The number of hydrogen-bond acceptors (Lipinski definition) is 1. The van der Waals surface area contributed by atoms with Gasteiger partial charge in [0.05, 0.1) is 0 Å². The Morgan fingerprint density at radius 2 is 1.62 bits per heavy atom. The average molecular weight is 241 g/mol. The van der Waals surface area contributed by atoms with E-state index >= 15 is 0 Å². The quantitative estimate of drug-likeness (QED) is 0.507. The maximum absolute atomic E-state index is 2.18. The van der Waals surface area contributed by atoms with Gasteiger partial charge in [-0.25, -0.2) is 0 Å². The highest BCUT2D eigenvalue weighted by Crippen LogP contribution is 1.76. The Kier molecular flexibility index (Phi) is 22.9. The molecule has 0 spiro atoms. The molecule has 0 aliphatic heterocycles. The summed E-state index contributed by atoms with van der Waals surface area (Å²) in [4.78, 5) is 2.18. The van der Waals surface area contributed by atoms with Crippen molar-refractivity contribution < 1.29 is 0 Å². The molecule has 0 N–H and O–H groups in total. The van der Waals surface area contributed by atoms with Gasteiger partial charge in [0.2, 0.25) is 0 Å². The second-order valence-electron chi connectivity index (χ2n) is 1.80. The standard InChI is InChI=1S/C5H13N.HI.Mg.2H/c1-4-5-6(2)3;;;;/h4-5H2,1-3H3;1H;;;. The first-order valence-corrected chi connectivity index (χ1v) is 2.42. The van der Waals surface area contributed by atoms with E-state index in [0.717, 1.165) is 0 Å². The van der Waals surface area contributed by atoms with Gasteiger partial charge in [0.1, 0.15) is 0 Å². The summed E-state index contributed by atoms with van der Waals surface area (Å²) in [5.74, 6) is 0. The van der Waals surface area contributed by atoms with Gasteiger partial charge in [-0.2, -0.15) is 0 Å². The van der Waals surface area contributed by atoms with Crippen LogP contribution in [0.3, 0.4) is 0 Å². The van der Waals surface area contributed by atoms with Crippen LogP contribution in [-0.2, 0) is 0 Å². The van der Waals surface area contributed by atoms with Crippen molar-refractivity contribution in [3.63, 3.8) is 0 Å². The number of rotatable bonds is 2. The van der Waals surface area contributed by atoms with Crippen molar-refractivity contribution in [2.75, 3.05) is 20.6 Å². The fourth-order valence-corrected chi connectivity index (χ4v) is 0.447. The molecule has 8 heavy (non-hydrogen) atoms. The smallest absolute Gasteiger partial charge is 0.309 e. The number of halogens is 1. The lowest BCUT2D eigenvalue weighted by molar-refractivity contribution is 0.408. The summed E-state index contributed by atoms with van der Waals surface area (Å²) in [5.41, 5.74) is 0. The van der Waals surface area contributed by atoms with Crippen molar-refractivity contribution in [1.82, 2.24) is 4.90 Å². The van der Waals surface area contributed by atoms with Crippen LogP contribution in [0.2, 0.25) is 0 Å². The van der Waals surface area contributed by atoms with Crippen LogP contribution in [0, 0.1) is 0 Å². The summed E-state index contributed by atoms with van der Waals surface area (Å²) in [6.45, 7) is 3.39. The van der Waals surface area contributed by atoms with Gasteiger partial charge in [0, 0.05) is 0 Å². The molecule has 0 atom stereocenters. The fraction of sp³-hybridized carbons (Fsp3) is 1.00. The molecule has 0 radical (unpaired) electrons. The van der Waals surface area contributed by atoms with E-state index in [9.17, 15) is 0 Å². The van der Waals surface area contributed by atoms with Crippen LogP contribution in [0.25, 0.3) is 0 Å². The van der Waals surface area contributed by atoms with Crippen LogP contribution >= 0.6 is 24.0 Å². The predicted octanol–water partition coefficient (Wildman–Crippen LogP) is 0.660. The van der Waals surface area contributed by atoms with E-state index in [0.29, 0.717) is 0 Å². The maximum atomic E-state index is 2.18. The molecule has 0 bridgehead atoms. The molecule has 0 aliphatic rings. The summed E-state index contributed by atoms with van der Waals surface area (Å²) >= 11 is 0. The van der Waals surface area contributed by atoms with E-state index in [2.05, 4.69) is 25.9 Å². The van der Waals surface area contributed by atoms with E-state index < -0.39 is 0 Å². The Bertz CT molecular complexity index is 33.6. The molecule has 0 aromatic rings. The Balaban J connectivity index is -0.000000125. The van der Waals surface area contributed by atoms with Gasteiger partial charge in [0.25, 0.3) is 0 Å². The molecule has 0 heterocycles. The summed E-state index contributed by atoms with van der Waals surface area (Å²) in [7, 11) is 4.17. The normalized spacial score (nSPS) is 7.50. The molecule has 0 aromatic carbocycles. The predicted molar refractivity (Wildman–Crippen MR) is 52.8 cm³/mol. The third kappa shape index (κ3) is 15.7. The van der Waals surface area contributed by atoms with Gasteiger partial charge in [-0.15, -0.1) is 24.0 Å². The van der Waals surface area contributed by atoms with Crippen molar-refractivity contribution in [3.05, 3.63) is 0 Å². The summed E-state index contributed by atoms with van der Waals surface area (Å²) in [6, 6.07) is 0. The largest absolute Gasteiger partial charge is 0.316 e. The lowest BCUT2D eigenvalue weighted by atomic mass is 10.5. The average Bonchev–Trinajstić information content (AvgIpc) is 1.35. The van der Waals surface area contributed by atoms with Crippen LogP contribution < -0.4 is 0 Å². The first-order valence-electron chi connectivity index (χ1n) is 2.42. The molecule has 0 fully saturated rings. The van der Waals surface area contributed by atoms with E-state index in [1.54, 1.807) is 0 Å². The first-order chi connectivity index (χ1) is 2.77.